The highest BCUT2D eigenvalue weighted by Crippen LogP contribution is 2.22. The van der Waals surface area contributed by atoms with E-state index in [1.54, 1.807) is 32.2 Å². The smallest absolute Gasteiger partial charge is 0.318 e. The molecule has 3 rings (SSSR count). The summed E-state index contributed by atoms with van der Waals surface area (Å²) in [5.74, 6) is -0.498. The Hall–Kier alpha value is -2.30. The minimum absolute atomic E-state index is 0.0510. The monoisotopic (exact) mass is 395 g/mol. The van der Waals surface area contributed by atoms with Crippen molar-refractivity contribution in [1.82, 2.24) is 9.72 Å². The number of rotatable bonds is 5. The molecule has 1 amide bonds. The molecule has 138 valence electrons. The van der Waals surface area contributed by atoms with Gasteiger partial charge in [0.15, 0.2) is 14.6 Å². The minimum Gasteiger partial charge on any atom is -0.383 e. The van der Waals surface area contributed by atoms with E-state index < -0.39 is 15.7 Å². The van der Waals surface area contributed by atoms with Gasteiger partial charge in [0.2, 0.25) is 5.76 Å². The van der Waals surface area contributed by atoms with Crippen molar-refractivity contribution in [2.75, 3.05) is 20.0 Å². The number of fused-ring (bicyclic) bond motifs is 1. The molecule has 8 nitrogen and oxygen atoms in total. The Bertz CT molecular complexity index is 1140. The number of ether oxygens (including phenoxy) is 1. The van der Waals surface area contributed by atoms with Crippen LogP contribution in [-0.4, -0.2) is 44.0 Å². The van der Waals surface area contributed by atoms with Crippen LogP contribution in [0.25, 0.3) is 10.2 Å². The number of aryl methyl sites for hydroxylation is 1. The third-order valence-corrected chi connectivity index (χ3v) is 5.79. The predicted molar refractivity (Wildman–Crippen MR) is 95.9 cm³/mol. The molecule has 0 saturated carbocycles. The molecule has 2 heterocycles. The third kappa shape index (κ3) is 3.76. The first-order chi connectivity index (χ1) is 12.3. The number of hydrogen-bond donors (Lipinski definition) is 0. The second-order valence-corrected chi connectivity index (χ2v) is 8.71. The van der Waals surface area contributed by atoms with Crippen molar-refractivity contribution < 1.29 is 22.5 Å². The van der Waals surface area contributed by atoms with Crippen molar-refractivity contribution in [2.45, 2.75) is 18.4 Å². The molecule has 1 aromatic carbocycles. The molecule has 0 aliphatic carbocycles. The first kappa shape index (κ1) is 18.5. The van der Waals surface area contributed by atoms with E-state index >= 15 is 0 Å². The van der Waals surface area contributed by atoms with Crippen LogP contribution >= 0.6 is 11.3 Å². The fraction of sp³-hybridized carbons (Fsp3) is 0.312. The van der Waals surface area contributed by atoms with Gasteiger partial charge in [-0.2, -0.15) is 4.99 Å². The molecule has 10 heteroatoms. The van der Waals surface area contributed by atoms with Crippen molar-refractivity contribution in [3.63, 3.8) is 0 Å². The zero-order chi connectivity index (χ0) is 18.9. The Balaban J connectivity index is 2.16. The summed E-state index contributed by atoms with van der Waals surface area (Å²) in [6, 6.07) is 6.35. The fourth-order valence-electron chi connectivity index (χ4n) is 2.37. The lowest BCUT2D eigenvalue weighted by molar-refractivity contribution is 0.0962. The van der Waals surface area contributed by atoms with E-state index in [2.05, 4.69) is 10.1 Å². The summed E-state index contributed by atoms with van der Waals surface area (Å²) in [4.78, 5) is 17.1. The minimum atomic E-state index is -3.33. The normalized spacial score (nSPS) is 12.8. The van der Waals surface area contributed by atoms with Crippen LogP contribution in [0.2, 0.25) is 0 Å². The summed E-state index contributed by atoms with van der Waals surface area (Å²) in [6.07, 6.45) is 1.15. The highest BCUT2D eigenvalue weighted by Gasteiger charge is 2.15. The van der Waals surface area contributed by atoms with Gasteiger partial charge < -0.3 is 13.8 Å². The maximum Gasteiger partial charge on any atom is 0.318 e. The molecule has 0 saturated heterocycles. The molecule has 0 unspecified atom stereocenters. The van der Waals surface area contributed by atoms with Crippen molar-refractivity contribution in [3.8, 4) is 0 Å². The maximum atomic E-state index is 12.3. The van der Waals surface area contributed by atoms with E-state index in [4.69, 9.17) is 9.26 Å². The van der Waals surface area contributed by atoms with Crippen LogP contribution in [0.4, 0.5) is 0 Å². The van der Waals surface area contributed by atoms with Gasteiger partial charge in [-0.25, -0.2) is 8.42 Å². The molecule has 0 atom stereocenters. The number of thiazole rings is 1. The summed E-state index contributed by atoms with van der Waals surface area (Å²) in [5.41, 5.74) is 1.37. The van der Waals surface area contributed by atoms with Crippen LogP contribution in [-0.2, 0) is 21.1 Å². The molecule has 2 aromatic heterocycles. The van der Waals surface area contributed by atoms with E-state index in [9.17, 15) is 13.2 Å². The summed E-state index contributed by atoms with van der Waals surface area (Å²) in [7, 11) is -1.75. The van der Waals surface area contributed by atoms with E-state index in [1.807, 2.05) is 4.57 Å². The van der Waals surface area contributed by atoms with Crippen molar-refractivity contribution in [1.29, 1.82) is 0 Å². The zero-order valence-corrected chi connectivity index (χ0v) is 16.1. The van der Waals surface area contributed by atoms with Crippen LogP contribution in [0, 0.1) is 6.92 Å². The highest BCUT2D eigenvalue weighted by atomic mass is 32.2. The Morgan fingerprint density at radius 2 is 2.15 bits per heavy atom. The maximum absolute atomic E-state index is 12.3. The van der Waals surface area contributed by atoms with Crippen molar-refractivity contribution >= 4 is 37.3 Å². The van der Waals surface area contributed by atoms with Crippen molar-refractivity contribution in [2.24, 2.45) is 4.99 Å². The first-order valence-corrected chi connectivity index (χ1v) is 10.3. The Morgan fingerprint density at radius 3 is 2.77 bits per heavy atom. The molecule has 0 aliphatic heterocycles. The summed E-state index contributed by atoms with van der Waals surface area (Å²) in [6.45, 7) is 2.60. The molecular weight excluding hydrogens is 378 g/mol. The standard InChI is InChI=1S/C16H17N3O5S2/c1-10-8-13(24-18-10)15(20)17-16-19(6-7-23-2)12-5-4-11(26(3,21)22)9-14(12)25-16/h4-5,8-9H,6-7H2,1-3H3. The Kier molecular flexibility index (Phi) is 5.08. The van der Waals surface area contributed by atoms with Gasteiger partial charge in [-0.15, -0.1) is 0 Å². The number of amides is 1. The number of nitrogens with zero attached hydrogens (tertiary/aromatic N) is 3. The van der Waals surface area contributed by atoms with Gasteiger partial charge in [0.05, 0.1) is 27.4 Å². The number of methoxy groups -OCH3 is 1. The second-order valence-electron chi connectivity index (χ2n) is 5.68. The lowest BCUT2D eigenvalue weighted by Gasteiger charge is -2.04. The molecule has 26 heavy (non-hydrogen) atoms. The number of carbonyl (C=O) groups excluding carboxylic acids is 1. The SMILES string of the molecule is COCCn1c(=NC(=O)c2cc(C)no2)sc2cc(S(C)(=O)=O)ccc21. The molecular formula is C16H17N3O5S2. The predicted octanol–water partition coefficient (Wildman–Crippen LogP) is 1.79. The van der Waals surface area contributed by atoms with Gasteiger partial charge in [-0.05, 0) is 25.1 Å². The summed E-state index contributed by atoms with van der Waals surface area (Å²) in [5, 5.41) is 3.69. The van der Waals surface area contributed by atoms with Gasteiger partial charge in [0.1, 0.15) is 0 Å². The van der Waals surface area contributed by atoms with Gasteiger partial charge in [-0.3, -0.25) is 4.79 Å². The number of benzene rings is 1. The Morgan fingerprint density at radius 1 is 1.38 bits per heavy atom. The van der Waals surface area contributed by atoms with Gasteiger partial charge in [-0.1, -0.05) is 16.5 Å². The fourth-order valence-corrected chi connectivity index (χ4v) is 4.19. The number of sulfone groups is 1. The molecule has 0 fully saturated rings. The highest BCUT2D eigenvalue weighted by molar-refractivity contribution is 7.90. The molecule has 0 N–H and O–H groups in total. The lowest BCUT2D eigenvalue weighted by Crippen LogP contribution is -2.19. The van der Waals surface area contributed by atoms with Crippen LogP contribution in [0.3, 0.4) is 0 Å². The van der Waals surface area contributed by atoms with Gasteiger partial charge >= 0.3 is 5.91 Å². The zero-order valence-electron chi connectivity index (χ0n) is 14.4. The molecule has 0 spiro atoms. The van der Waals surface area contributed by atoms with Gasteiger partial charge in [0, 0.05) is 26.0 Å². The topological polar surface area (TPSA) is 104 Å². The molecule has 3 aromatic rings. The van der Waals surface area contributed by atoms with Crippen molar-refractivity contribution in [3.05, 3.63) is 40.5 Å². The number of aromatic nitrogens is 2. The van der Waals surface area contributed by atoms with E-state index in [1.165, 1.54) is 17.4 Å². The van der Waals surface area contributed by atoms with E-state index in [0.29, 0.717) is 28.3 Å². The first-order valence-electron chi connectivity index (χ1n) is 7.64. The average molecular weight is 395 g/mol. The number of carbonyl (C=O) groups is 1. The van der Waals surface area contributed by atoms with Crippen LogP contribution < -0.4 is 4.80 Å². The second kappa shape index (κ2) is 7.14. The summed E-state index contributed by atoms with van der Waals surface area (Å²) < 4.78 is 36.2. The van der Waals surface area contributed by atoms with Crippen LogP contribution in [0.1, 0.15) is 16.2 Å². The van der Waals surface area contributed by atoms with E-state index in [-0.39, 0.29) is 10.7 Å². The third-order valence-electron chi connectivity index (χ3n) is 3.64. The molecule has 0 aliphatic rings. The molecule has 0 radical (unpaired) electrons. The number of hydrogen-bond acceptors (Lipinski definition) is 7. The van der Waals surface area contributed by atoms with Crippen LogP contribution in [0.5, 0.6) is 0 Å². The summed E-state index contributed by atoms with van der Waals surface area (Å²) >= 11 is 1.23. The Labute approximate surface area is 153 Å². The molecule has 0 bridgehead atoms. The largest absolute Gasteiger partial charge is 0.383 e. The van der Waals surface area contributed by atoms with Gasteiger partial charge in [0.25, 0.3) is 0 Å². The van der Waals surface area contributed by atoms with Crippen LogP contribution in [0.15, 0.2) is 38.7 Å². The average Bonchev–Trinajstić information content (AvgIpc) is 3.15. The van der Waals surface area contributed by atoms with E-state index in [0.717, 1.165) is 11.8 Å². The lowest BCUT2D eigenvalue weighted by atomic mass is 10.3. The quantitative estimate of drug-likeness (QED) is 0.652.